The Morgan fingerprint density at radius 3 is 2.33 bits per heavy atom. The lowest BCUT2D eigenvalue weighted by molar-refractivity contribution is -0.140. The number of nitrogens with two attached hydrogens (primary N) is 1. The van der Waals surface area contributed by atoms with Crippen molar-refractivity contribution in [3.05, 3.63) is 0 Å². The van der Waals surface area contributed by atoms with E-state index >= 15 is 0 Å². The van der Waals surface area contributed by atoms with Gasteiger partial charge in [-0.2, -0.15) is 0 Å². The van der Waals surface area contributed by atoms with Crippen LogP contribution in [0.1, 0.15) is 26.7 Å². The highest BCUT2D eigenvalue weighted by Crippen LogP contribution is 2.02. The number of carboxylic acid groups (broad SMARTS) is 1. The summed E-state index contributed by atoms with van der Waals surface area (Å²) in [5, 5.41) is 8.44. The Hall–Kier alpha value is -0.610. The van der Waals surface area contributed by atoms with Gasteiger partial charge in [0.05, 0.1) is 12.7 Å². The van der Waals surface area contributed by atoms with Crippen LogP contribution < -0.4 is 5.73 Å². The molecule has 0 aromatic heterocycles. The van der Waals surface area contributed by atoms with Gasteiger partial charge in [0.2, 0.25) is 0 Å². The average molecular weight is 175 g/mol. The molecule has 0 rings (SSSR count). The molecule has 0 heterocycles. The van der Waals surface area contributed by atoms with E-state index in [1.165, 1.54) is 0 Å². The molecule has 0 saturated carbocycles. The molecule has 3 N–H and O–H groups in total. The van der Waals surface area contributed by atoms with Crippen molar-refractivity contribution in [2.24, 2.45) is 5.73 Å². The van der Waals surface area contributed by atoms with Crippen molar-refractivity contribution in [1.29, 1.82) is 0 Å². The normalized spacial score (nSPS) is 13.3. The van der Waals surface area contributed by atoms with Gasteiger partial charge in [-0.05, 0) is 12.8 Å². The first kappa shape index (κ1) is 11.4. The second-order valence-electron chi connectivity index (χ2n) is 2.72. The van der Waals surface area contributed by atoms with E-state index in [0.29, 0.717) is 0 Å². The van der Waals surface area contributed by atoms with Crippen molar-refractivity contribution >= 4 is 5.97 Å². The Balaban J connectivity index is 3.58. The highest BCUT2D eigenvalue weighted by molar-refractivity contribution is 5.73. The summed E-state index contributed by atoms with van der Waals surface area (Å²) in [4.78, 5) is 10.3. The van der Waals surface area contributed by atoms with Crippen molar-refractivity contribution in [3.8, 4) is 0 Å². The number of aliphatic carboxylic acids is 1. The topological polar surface area (TPSA) is 72.5 Å². The highest BCUT2D eigenvalue weighted by atomic mass is 16.5. The van der Waals surface area contributed by atoms with Gasteiger partial charge in [-0.3, -0.25) is 4.79 Å². The van der Waals surface area contributed by atoms with Gasteiger partial charge in [0.15, 0.2) is 0 Å². The third-order valence-electron chi connectivity index (χ3n) is 1.74. The van der Waals surface area contributed by atoms with Crippen LogP contribution in [0.3, 0.4) is 0 Å². The van der Waals surface area contributed by atoms with Crippen LogP contribution in [0.25, 0.3) is 0 Å². The van der Waals surface area contributed by atoms with Gasteiger partial charge in [-0.1, -0.05) is 13.8 Å². The predicted octanol–water partition coefficient (Wildman–Crippen LogP) is 0.603. The standard InChI is InChI=1S/C8H17NO3/c1-3-6(4-2)12-5-7(9)8(10)11/h6-7H,3-5,9H2,1-2H3,(H,10,11)/t7-/m0/s1. The molecule has 0 radical (unpaired) electrons. The molecule has 0 amide bonds. The molecule has 4 nitrogen and oxygen atoms in total. The fraction of sp³-hybridized carbons (Fsp3) is 0.875. The Morgan fingerprint density at radius 1 is 1.50 bits per heavy atom. The van der Waals surface area contributed by atoms with E-state index < -0.39 is 12.0 Å². The maximum absolute atomic E-state index is 10.3. The summed E-state index contributed by atoms with van der Waals surface area (Å²) in [6.07, 6.45) is 1.92. The molecule has 1 atom stereocenters. The molecule has 0 aromatic rings. The summed E-state index contributed by atoms with van der Waals surface area (Å²) in [6.45, 7) is 4.10. The number of rotatable bonds is 6. The quantitative estimate of drug-likeness (QED) is 0.620. The van der Waals surface area contributed by atoms with E-state index in [4.69, 9.17) is 15.6 Å². The number of hydrogen-bond donors (Lipinski definition) is 2. The van der Waals surface area contributed by atoms with Gasteiger partial charge in [0, 0.05) is 0 Å². The first-order valence-corrected chi connectivity index (χ1v) is 4.21. The van der Waals surface area contributed by atoms with Crippen molar-refractivity contribution in [3.63, 3.8) is 0 Å². The SMILES string of the molecule is CCC(CC)OC[C@H](N)C(=O)O. The molecule has 0 aliphatic rings. The number of carbonyl (C=O) groups is 1. The van der Waals surface area contributed by atoms with Crippen LogP contribution in [0.15, 0.2) is 0 Å². The second kappa shape index (κ2) is 5.97. The zero-order valence-electron chi connectivity index (χ0n) is 7.62. The monoisotopic (exact) mass is 175 g/mol. The van der Waals surface area contributed by atoms with Crippen LogP contribution in [-0.4, -0.2) is 29.8 Å². The maximum atomic E-state index is 10.3. The Morgan fingerprint density at radius 2 is 2.00 bits per heavy atom. The lowest BCUT2D eigenvalue weighted by Crippen LogP contribution is -2.36. The van der Waals surface area contributed by atoms with E-state index in [-0.39, 0.29) is 12.7 Å². The van der Waals surface area contributed by atoms with Crippen molar-refractivity contribution in [2.75, 3.05) is 6.61 Å². The first-order chi connectivity index (χ1) is 5.61. The minimum atomic E-state index is -1.01. The van der Waals surface area contributed by atoms with Crippen LogP contribution in [0.2, 0.25) is 0 Å². The van der Waals surface area contributed by atoms with Crippen LogP contribution in [0.5, 0.6) is 0 Å². The van der Waals surface area contributed by atoms with E-state index in [9.17, 15) is 4.79 Å². The highest BCUT2D eigenvalue weighted by Gasteiger charge is 2.13. The molecule has 12 heavy (non-hydrogen) atoms. The minimum Gasteiger partial charge on any atom is -0.480 e. The summed E-state index contributed by atoms with van der Waals surface area (Å²) in [6, 6.07) is -0.898. The zero-order chi connectivity index (χ0) is 9.56. The molecular weight excluding hydrogens is 158 g/mol. The fourth-order valence-corrected chi connectivity index (χ4v) is 0.835. The molecule has 0 aliphatic carbocycles. The molecule has 0 spiro atoms. The molecule has 0 bridgehead atoms. The van der Waals surface area contributed by atoms with Crippen molar-refractivity contribution in [1.82, 2.24) is 0 Å². The Bertz CT molecular complexity index is 134. The summed E-state index contributed by atoms with van der Waals surface area (Å²) in [5.74, 6) is -1.01. The number of hydrogen-bond acceptors (Lipinski definition) is 3. The molecule has 0 fully saturated rings. The Labute approximate surface area is 72.7 Å². The third-order valence-corrected chi connectivity index (χ3v) is 1.74. The van der Waals surface area contributed by atoms with E-state index in [0.717, 1.165) is 12.8 Å². The van der Waals surface area contributed by atoms with E-state index in [1.54, 1.807) is 0 Å². The summed E-state index contributed by atoms with van der Waals surface area (Å²) in [5.41, 5.74) is 5.25. The van der Waals surface area contributed by atoms with Crippen molar-refractivity contribution < 1.29 is 14.6 Å². The van der Waals surface area contributed by atoms with Crippen LogP contribution >= 0.6 is 0 Å². The molecule has 0 aromatic carbocycles. The van der Waals surface area contributed by atoms with Crippen LogP contribution in [-0.2, 0) is 9.53 Å². The van der Waals surface area contributed by atoms with Gasteiger partial charge >= 0.3 is 5.97 Å². The van der Waals surface area contributed by atoms with Crippen LogP contribution in [0, 0.1) is 0 Å². The lowest BCUT2D eigenvalue weighted by Gasteiger charge is -2.15. The fourth-order valence-electron chi connectivity index (χ4n) is 0.835. The molecule has 0 aliphatic heterocycles. The molecule has 4 heteroatoms. The smallest absolute Gasteiger partial charge is 0.322 e. The molecular formula is C8H17NO3. The largest absolute Gasteiger partial charge is 0.480 e. The zero-order valence-corrected chi connectivity index (χ0v) is 7.62. The summed E-state index contributed by atoms with van der Waals surface area (Å²) < 4.78 is 5.26. The molecule has 0 saturated heterocycles. The number of ether oxygens (including phenoxy) is 1. The lowest BCUT2D eigenvalue weighted by atomic mass is 10.2. The second-order valence-corrected chi connectivity index (χ2v) is 2.72. The van der Waals surface area contributed by atoms with Gasteiger partial charge < -0.3 is 15.6 Å². The summed E-state index contributed by atoms with van der Waals surface area (Å²) >= 11 is 0. The van der Waals surface area contributed by atoms with Crippen molar-refractivity contribution in [2.45, 2.75) is 38.8 Å². The third kappa shape index (κ3) is 4.31. The van der Waals surface area contributed by atoms with E-state index in [2.05, 4.69) is 0 Å². The van der Waals surface area contributed by atoms with Crippen LogP contribution in [0.4, 0.5) is 0 Å². The molecule has 0 unspecified atom stereocenters. The van der Waals surface area contributed by atoms with Gasteiger partial charge in [0.1, 0.15) is 6.04 Å². The first-order valence-electron chi connectivity index (χ1n) is 4.21. The van der Waals surface area contributed by atoms with Gasteiger partial charge in [0.25, 0.3) is 0 Å². The minimum absolute atomic E-state index is 0.0989. The van der Waals surface area contributed by atoms with E-state index in [1.807, 2.05) is 13.8 Å². The maximum Gasteiger partial charge on any atom is 0.322 e. The average Bonchev–Trinajstić information content (AvgIpc) is 2.05. The Kier molecular flexibility index (Phi) is 5.66. The number of carboxylic acids is 1. The predicted molar refractivity (Wildman–Crippen MR) is 45.9 cm³/mol. The summed E-state index contributed by atoms with van der Waals surface area (Å²) in [7, 11) is 0. The van der Waals surface area contributed by atoms with Gasteiger partial charge in [-0.15, -0.1) is 0 Å². The molecule has 72 valence electrons. The van der Waals surface area contributed by atoms with Gasteiger partial charge in [-0.25, -0.2) is 0 Å².